The molecule has 1 aliphatic rings. The van der Waals surface area contributed by atoms with Crippen molar-refractivity contribution < 1.29 is 4.74 Å². The van der Waals surface area contributed by atoms with Crippen LogP contribution in [0.3, 0.4) is 0 Å². The minimum atomic E-state index is 0.502. The van der Waals surface area contributed by atoms with E-state index >= 15 is 0 Å². The molecule has 112 valence electrons. The molecular weight excluding hydrogens is 282 g/mol. The van der Waals surface area contributed by atoms with Gasteiger partial charge in [-0.3, -0.25) is 4.98 Å². The highest BCUT2D eigenvalue weighted by molar-refractivity contribution is 7.13. The largest absolute Gasteiger partial charge is 0.377 e. The van der Waals surface area contributed by atoms with E-state index in [0.29, 0.717) is 6.10 Å². The molecule has 0 bridgehead atoms. The lowest BCUT2D eigenvalue weighted by atomic mass is 10.3. The van der Waals surface area contributed by atoms with E-state index in [0.717, 1.165) is 36.1 Å². The van der Waals surface area contributed by atoms with Gasteiger partial charge in [0.25, 0.3) is 0 Å². The van der Waals surface area contributed by atoms with Gasteiger partial charge in [0.2, 0.25) is 0 Å². The molecule has 0 aromatic carbocycles. The Balaban J connectivity index is 1.39. The summed E-state index contributed by atoms with van der Waals surface area (Å²) in [5, 5.41) is 6.46. The number of rotatable bonds is 7. The zero-order chi connectivity index (χ0) is 14.3. The van der Waals surface area contributed by atoms with E-state index < -0.39 is 0 Å². The van der Waals surface area contributed by atoms with Crippen molar-refractivity contribution in [3.63, 3.8) is 0 Å². The van der Waals surface area contributed by atoms with Gasteiger partial charge in [0.15, 0.2) is 0 Å². The van der Waals surface area contributed by atoms with Gasteiger partial charge in [0.05, 0.1) is 24.1 Å². The van der Waals surface area contributed by atoms with Crippen molar-refractivity contribution in [2.24, 2.45) is 0 Å². The van der Waals surface area contributed by atoms with E-state index in [9.17, 15) is 0 Å². The zero-order valence-electron chi connectivity index (χ0n) is 12.1. The Kier molecular flexibility index (Phi) is 5.32. The molecule has 21 heavy (non-hydrogen) atoms. The van der Waals surface area contributed by atoms with Gasteiger partial charge in [-0.25, -0.2) is 4.98 Å². The molecule has 1 N–H and O–H groups in total. The first kappa shape index (κ1) is 14.6. The monoisotopic (exact) mass is 303 g/mol. The summed E-state index contributed by atoms with van der Waals surface area (Å²) in [6.45, 7) is 2.46. The van der Waals surface area contributed by atoms with E-state index in [1.165, 1.54) is 25.7 Å². The van der Waals surface area contributed by atoms with Gasteiger partial charge >= 0.3 is 0 Å². The lowest BCUT2D eigenvalue weighted by Crippen LogP contribution is -2.22. The molecule has 1 aliphatic carbocycles. The summed E-state index contributed by atoms with van der Waals surface area (Å²) in [4.78, 5) is 8.93. The van der Waals surface area contributed by atoms with E-state index in [4.69, 9.17) is 4.74 Å². The summed E-state index contributed by atoms with van der Waals surface area (Å²) in [6.07, 6.45) is 7.43. The Hall–Kier alpha value is -1.30. The van der Waals surface area contributed by atoms with E-state index in [1.54, 1.807) is 17.5 Å². The third-order valence-corrected chi connectivity index (χ3v) is 4.59. The Labute approximate surface area is 129 Å². The predicted octanol–water partition coefficient (Wildman–Crippen LogP) is 3.25. The van der Waals surface area contributed by atoms with Gasteiger partial charge in [-0.1, -0.05) is 18.9 Å². The maximum atomic E-state index is 5.83. The summed E-state index contributed by atoms with van der Waals surface area (Å²) in [6, 6.07) is 5.90. The van der Waals surface area contributed by atoms with Crippen LogP contribution in [0.2, 0.25) is 0 Å². The number of ether oxygens (including phenoxy) is 1. The molecule has 0 saturated heterocycles. The number of aromatic nitrogens is 2. The summed E-state index contributed by atoms with van der Waals surface area (Å²) in [5.74, 6) is 0. The van der Waals surface area contributed by atoms with Crippen LogP contribution in [-0.4, -0.2) is 29.2 Å². The molecule has 3 rings (SSSR count). The van der Waals surface area contributed by atoms with Crippen LogP contribution in [0.15, 0.2) is 29.8 Å². The fourth-order valence-corrected chi connectivity index (χ4v) is 3.36. The van der Waals surface area contributed by atoms with Gasteiger partial charge < -0.3 is 10.1 Å². The first-order valence-electron chi connectivity index (χ1n) is 7.60. The fraction of sp³-hybridized carbons (Fsp3) is 0.500. The molecule has 1 saturated carbocycles. The van der Waals surface area contributed by atoms with Gasteiger partial charge in [0, 0.05) is 24.7 Å². The number of nitrogens with one attached hydrogen (secondary N) is 1. The molecule has 0 radical (unpaired) electrons. The zero-order valence-corrected chi connectivity index (χ0v) is 12.9. The van der Waals surface area contributed by atoms with Crippen LogP contribution in [0.4, 0.5) is 0 Å². The first-order valence-corrected chi connectivity index (χ1v) is 8.48. The molecule has 5 heteroatoms. The normalized spacial score (nSPS) is 15.6. The van der Waals surface area contributed by atoms with Gasteiger partial charge in [-0.2, -0.15) is 0 Å². The number of nitrogens with zero attached hydrogens (tertiary/aromatic N) is 2. The Morgan fingerprint density at radius 3 is 3.00 bits per heavy atom. The highest BCUT2D eigenvalue weighted by Crippen LogP contribution is 2.21. The number of hydrogen-bond donors (Lipinski definition) is 1. The van der Waals surface area contributed by atoms with Crippen LogP contribution >= 0.6 is 11.3 Å². The average Bonchev–Trinajstić information content (AvgIpc) is 3.19. The minimum Gasteiger partial charge on any atom is -0.377 e. The predicted molar refractivity (Wildman–Crippen MR) is 85.3 cm³/mol. The maximum absolute atomic E-state index is 5.83. The van der Waals surface area contributed by atoms with Crippen molar-refractivity contribution in [1.29, 1.82) is 0 Å². The van der Waals surface area contributed by atoms with Crippen LogP contribution in [-0.2, 0) is 11.3 Å². The van der Waals surface area contributed by atoms with Crippen molar-refractivity contribution in [2.75, 3.05) is 13.2 Å². The molecule has 0 aliphatic heterocycles. The molecular formula is C16H21N3OS. The molecule has 0 amide bonds. The molecule has 2 aromatic rings. The second-order valence-corrected chi connectivity index (χ2v) is 6.17. The number of pyridine rings is 1. The summed E-state index contributed by atoms with van der Waals surface area (Å²) in [5.41, 5.74) is 2.01. The number of hydrogen-bond acceptors (Lipinski definition) is 5. The fourth-order valence-electron chi connectivity index (χ4n) is 2.56. The van der Waals surface area contributed by atoms with Crippen LogP contribution in [0.1, 0.15) is 31.4 Å². The molecule has 2 aromatic heterocycles. The topological polar surface area (TPSA) is 47.0 Å². The average molecular weight is 303 g/mol. The van der Waals surface area contributed by atoms with E-state index in [1.807, 2.05) is 18.2 Å². The van der Waals surface area contributed by atoms with Crippen molar-refractivity contribution in [2.45, 2.75) is 38.3 Å². The smallest absolute Gasteiger partial charge is 0.142 e. The Morgan fingerprint density at radius 1 is 1.29 bits per heavy atom. The quantitative estimate of drug-likeness (QED) is 0.798. The van der Waals surface area contributed by atoms with Crippen molar-refractivity contribution in [3.8, 4) is 10.7 Å². The molecule has 2 heterocycles. The number of thiazole rings is 1. The maximum Gasteiger partial charge on any atom is 0.142 e. The second-order valence-electron chi connectivity index (χ2n) is 5.31. The molecule has 1 fully saturated rings. The summed E-state index contributed by atoms with van der Waals surface area (Å²) >= 11 is 1.64. The SMILES string of the molecule is c1ccc(-c2nc(CNCCOC3CCCC3)cs2)nc1. The third-order valence-electron chi connectivity index (χ3n) is 3.68. The van der Waals surface area contributed by atoms with E-state index in [2.05, 4.69) is 20.7 Å². The van der Waals surface area contributed by atoms with Crippen LogP contribution in [0.25, 0.3) is 10.7 Å². The molecule has 0 atom stereocenters. The summed E-state index contributed by atoms with van der Waals surface area (Å²) < 4.78 is 5.83. The molecule has 0 spiro atoms. The van der Waals surface area contributed by atoms with Crippen LogP contribution in [0.5, 0.6) is 0 Å². The van der Waals surface area contributed by atoms with Crippen molar-refractivity contribution in [1.82, 2.24) is 15.3 Å². The lowest BCUT2D eigenvalue weighted by molar-refractivity contribution is 0.0602. The third kappa shape index (κ3) is 4.33. The second kappa shape index (κ2) is 7.64. The highest BCUT2D eigenvalue weighted by atomic mass is 32.1. The summed E-state index contributed by atoms with van der Waals surface area (Å²) in [7, 11) is 0. The standard InChI is InChI=1S/C16H21N3OS/c1-2-6-14(5-1)20-10-9-17-11-13-12-21-16(19-13)15-7-3-4-8-18-15/h3-4,7-8,12,14,17H,1-2,5-6,9-11H2. The Bertz CT molecular complexity index is 537. The Morgan fingerprint density at radius 2 is 2.19 bits per heavy atom. The minimum absolute atomic E-state index is 0.502. The van der Waals surface area contributed by atoms with E-state index in [-0.39, 0.29) is 0 Å². The molecule has 0 unspecified atom stereocenters. The first-order chi connectivity index (χ1) is 10.4. The highest BCUT2D eigenvalue weighted by Gasteiger charge is 2.14. The van der Waals surface area contributed by atoms with Gasteiger partial charge in [-0.05, 0) is 25.0 Å². The van der Waals surface area contributed by atoms with Crippen molar-refractivity contribution >= 4 is 11.3 Å². The molecule has 4 nitrogen and oxygen atoms in total. The van der Waals surface area contributed by atoms with Crippen LogP contribution < -0.4 is 5.32 Å². The van der Waals surface area contributed by atoms with Gasteiger partial charge in [0.1, 0.15) is 5.01 Å². The van der Waals surface area contributed by atoms with Gasteiger partial charge in [-0.15, -0.1) is 11.3 Å². The van der Waals surface area contributed by atoms with Crippen molar-refractivity contribution in [3.05, 3.63) is 35.5 Å². The van der Waals surface area contributed by atoms with Crippen LogP contribution in [0, 0.1) is 0 Å². The lowest BCUT2D eigenvalue weighted by Gasteiger charge is -2.10.